The third-order valence-corrected chi connectivity index (χ3v) is 2.01. The van der Waals surface area contributed by atoms with E-state index in [0.29, 0.717) is 0 Å². The topological polar surface area (TPSA) is 21.3 Å². The summed E-state index contributed by atoms with van der Waals surface area (Å²) in [7, 11) is 0. The molecule has 1 aromatic rings. The maximum absolute atomic E-state index is 12.2. The minimum atomic E-state index is -4.33. The number of ether oxygens (including phenoxy) is 1. The Morgan fingerprint density at radius 3 is 2.25 bits per heavy atom. The van der Waals surface area contributed by atoms with Gasteiger partial charge < -0.3 is 10.1 Å². The van der Waals surface area contributed by atoms with Crippen LogP contribution in [-0.4, -0.2) is 18.8 Å². The zero-order valence-corrected chi connectivity index (χ0v) is 9.14. The first-order valence-corrected chi connectivity index (χ1v) is 5.00. The van der Waals surface area contributed by atoms with Crippen LogP contribution in [0.5, 0.6) is 5.75 Å². The number of alkyl halides is 3. The Morgan fingerprint density at radius 1 is 1.25 bits per heavy atom. The molecule has 16 heavy (non-hydrogen) atoms. The lowest BCUT2D eigenvalue weighted by Gasteiger charge is -2.17. The first-order valence-electron chi connectivity index (χ1n) is 5.00. The average molecular weight is 233 g/mol. The van der Waals surface area contributed by atoms with Gasteiger partial charge >= 0.3 is 6.18 Å². The summed E-state index contributed by atoms with van der Waals surface area (Å²) in [4.78, 5) is 0. The van der Waals surface area contributed by atoms with E-state index in [1.54, 1.807) is 12.1 Å². The predicted molar refractivity (Wildman–Crippen MR) is 56.8 cm³/mol. The summed E-state index contributed by atoms with van der Waals surface area (Å²) >= 11 is 0. The Labute approximate surface area is 92.4 Å². The lowest BCUT2D eigenvalue weighted by molar-refractivity contribution is -0.189. The second-order valence-electron chi connectivity index (χ2n) is 3.36. The summed E-state index contributed by atoms with van der Waals surface area (Å²) in [6, 6.07) is 6.39. The van der Waals surface area contributed by atoms with Gasteiger partial charge in [-0.05, 0) is 38.1 Å². The first-order chi connectivity index (χ1) is 7.43. The molecular weight excluding hydrogens is 219 g/mol. The molecule has 1 N–H and O–H groups in total. The van der Waals surface area contributed by atoms with E-state index >= 15 is 0 Å². The van der Waals surface area contributed by atoms with Crippen molar-refractivity contribution in [3.63, 3.8) is 0 Å². The van der Waals surface area contributed by atoms with Crippen molar-refractivity contribution in [2.24, 2.45) is 0 Å². The molecule has 0 heterocycles. The monoisotopic (exact) mass is 233 g/mol. The smallest absolute Gasteiger partial charge is 0.425 e. The van der Waals surface area contributed by atoms with E-state index in [2.05, 4.69) is 5.32 Å². The summed E-state index contributed by atoms with van der Waals surface area (Å²) in [5.41, 5.74) is 0.856. The Morgan fingerprint density at radius 2 is 1.81 bits per heavy atom. The van der Waals surface area contributed by atoms with Crippen LogP contribution in [0.2, 0.25) is 0 Å². The molecule has 2 nitrogen and oxygen atoms in total. The molecular formula is C11H14F3NO. The van der Waals surface area contributed by atoms with Gasteiger partial charge in [-0.15, -0.1) is 0 Å². The van der Waals surface area contributed by atoms with Crippen molar-refractivity contribution in [3.8, 4) is 5.75 Å². The van der Waals surface area contributed by atoms with Crippen molar-refractivity contribution >= 4 is 5.69 Å². The summed E-state index contributed by atoms with van der Waals surface area (Å²) in [6.07, 6.45) is -6.13. The molecule has 0 aliphatic heterocycles. The van der Waals surface area contributed by atoms with Crippen LogP contribution in [0.3, 0.4) is 0 Å². The van der Waals surface area contributed by atoms with E-state index in [9.17, 15) is 13.2 Å². The zero-order valence-electron chi connectivity index (χ0n) is 9.14. The molecule has 1 unspecified atom stereocenters. The Bertz CT molecular complexity index is 321. The molecule has 0 aliphatic carbocycles. The number of rotatable bonds is 4. The van der Waals surface area contributed by atoms with Crippen LogP contribution in [0, 0.1) is 0 Å². The third kappa shape index (κ3) is 3.64. The van der Waals surface area contributed by atoms with Gasteiger partial charge in [0.2, 0.25) is 0 Å². The van der Waals surface area contributed by atoms with Crippen LogP contribution in [0.25, 0.3) is 0 Å². The predicted octanol–water partition coefficient (Wildman–Crippen LogP) is 3.45. The van der Waals surface area contributed by atoms with Crippen molar-refractivity contribution in [3.05, 3.63) is 24.3 Å². The van der Waals surface area contributed by atoms with Crippen molar-refractivity contribution in [2.75, 3.05) is 11.9 Å². The lowest BCUT2D eigenvalue weighted by Crippen LogP contribution is -2.31. The third-order valence-electron chi connectivity index (χ3n) is 2.01. The highest BCUT2D eigenvalue weighted by molar-refractivity contribution is 5.46. The van der Waals surface area contributed by atoms with Crippen LogP contribution in [0.1, 0.15) is 13.8 Å². The Hall–Kier alpha value is -1.39. The summed E-state index contributed by atoms with van der Waals surface area (Å²) < 4.78 is 41.4. The van der Waals surface area contributed by atoms with Gasteiger partial charge in [0.05, 0.1) is 0 Å². The Kier molecular flexibility index (Phi) is 4.04. The summed E-state index contributed by atoms with van der Waals surface area (Å²) in [6.45, 7) is 3.69. The molecule has 0 bridgehead atoms. The van der Waals surface area contributed by atoms with E-state index in [0.717, 1.165) is 19.2 Å². The number of halogens is 3. The standard InChI is InChI=1S/C11H14F3NO/c1-3-15-9-4-6-10(7-5-9)16-8(2)11(12,13)14/h4-8,15H,3H2,1-2H3. The number of hydrogen-bond donors (Lipinski definition) is 1. The van der Waals surface area contributed by atoms with Crippen molar-refractivity contribution < 1.29 is 17.9 Å². The normalized spacial score (nSPS) is 13.3. The van der Waals surface area contributed by atoms with Crippen LogP contribution >= 0.6 is 0 Å². The number of anilines is 1. The maximum Gasteiger partial charge on any atom is 0.425 e. The SMILES string of the molecule is CCNc1ccc(OC(C)C(F)(F)F)cc1. The number of benzene rings is 1. The van der Waals surface area contributed by atoms with Crippen LogP contribution in [0.4, 0.5) is 18.9 Å². The zero-order chi connectivity index (χ0) is 12.2. The number of nitrogens with one attached hydrogen (secondary N) is 1. The molecule has 1 atom stereocenters. The first kappa shape index (κ1) is 12.7. The van der Waals surface area contributed by atoms with E-state index in [1.165, 1.54) is 12.1 Å². The summed E-state index contributed by atoms with van der Waals surface area (Å²) in [5.74, 6) is 0.214. The van der Waals surface area contributed by atoms with Crippen LogP contribution in [0.15, 0.2) is 24.3 Å². The molecule has 0 radical (unpaired) electrons. The number of hydrogen-bond acceptors (Lipinski definition) is 2. The van der Waals surface area contributed by atoms with Gasteiger partial charge in [-0.25, -0.2) is 0 Å². The van der Waals surface area contributed by atoms with Crippen LogP contribution in [-0.2, 0) is 0 Å². The minimum Gasteiger partial charge on any atom is -0.481 e. The van der Waals surface area contributed by atoms with E-state index < -0.39 is 12.3 Å². The molecule has 0 amide bonds. The molecule has 0 saturated carbocycles. The molecule has 1 rings (SSSR count). The highest BCUT2D eigenvalue weighted by atomic mass is 19.4. The second kappa shape index (κ2) is 5.09. The molecule has 5 heteroatoms. The quantitative estimate of drug-likeness (QED) is 0.860. The molecule has 0 aromatic heterocycles. The minimum absolute atomic E-state index is 0.214. The largest absolute Gasteiger partial charge is 0.481 e. The highest BCUT2D eigenvalue weighted by Crippen LogP contribution is 2.25. The average Bonchev–Trinajstić information content (AvgIpc) is 2.20. The maximum atomic E-state index is 12.2. The van der Waals surface area contributed by atoms with Gasteiger partial charge in [0.1, 0.15) is 5.75 Å². The van der Waals surface area contributed by atoms with E-state index in [1.807, 2.05) is 6.92 Å². The molecule has 0 aliphatic rings. The fraction of sp³-hybridized carbons (Fsp3) is 0.455. The van der Waals surface area contributed by atoms with Gasteiger partial charge in [-0.2, -0.15) is 13.2 Å². The van der Waals surface area contributed by atoms with Gasteiger partial charge in [-0.3, -0.25) is 0 Å². The van der Waals surface area contributed by atoms with Crippen molar-refractivity contribution in [2.45, 2.75) is 26.1 Å². The van der Waals surface area contributed by atoms with Crippen molar-refractivity contribution in [1.82, 2.24) is 0 Å². The van der Waals surface area contributed by atoms with Gasteiger partial charge in [0.25, 0.3) is 0 Å². The van der Waals surface area contributed by atoms with Gasteiger partial charge in [0, 0.05) is 12.2 Å². The second-order valence-corrected chi connectivity index (χ2v) is 3.36. The van der Waals surface area contributed by atoms with E-state index in [4.69, 9.17) is 4.74 Å². The lowest BCUT2D eigenvalue weighted by atomic mass is 10.3. The summed E-state index contributed by atoms with van der Waals surface area (Å²) in [5, 5.41) is 3.04. The van der Waals surface area contributed by atoms with Crippen LogP contribution < -0.4 is 10.1 Å². The van der Waals surface area contributed by atoms with Gasteiger partial charge in [-0.1, -0.05) is 0 Å². The molecule has 0 spiro atoms. The molecule has 0 saturated heterocycles. The fourth-order valence-electron chi connectivity index (χ4n) is 1.13. The molecule has 1 aromatic carbocycles. The highest BCUT2D eigenvalue weighted by Gasteiger charge is 2.37. The fourth-order valence-corrected chi connectivity index (χ4v) is 1.13. The van der Waals surface area contributed by atoms with Crippen molar-refractivity contribution in [1.29, 1.82) is 0 Å². The van der Waals surface area contributed by atoms with Gasteiger partial charge in [0.15, 0.2) is 6.10 Å². The molecule has 90 valence electrons. The molecule has 0 fully saturated rings. The Balaban J connectivity index is 2.62. The van der Waals surface area contributed by atoms with E-state index in [-0.39, 0.29) is 5.75 Å².